The van der Waals surface area contributed by atoms with Gasteiger partial charge in [0.25, 0.3) is 5.69 Å². The number of hydrogen-bond acceptors (Lipinski definition) is 5. The molecule has 0 radical (unpaired) electrons. The maximum Gasteiger partial charge on any atom is 0.269 e. The Balaban J connectivity index is 1.45. The molecule has 1 N–H and O–H groups in total. The number of anilines is 1. The minimum atomic E-state index is -0.390. The zero-order chi connectivity index (χ0) is 18.8. The van der Waals surface area contributed by atoms with Crippen LogP contribution < -0.4 is 5.32 Å². The fraction of sp³-hybridized carbons (Fsp3) is 0.0952. The molecule has 0 fully saturated rings. The highest BCUT2D eigenvalue weighted by atomic mass is 32.1. The van der Waals surface area contributed by atoms with Gasteiger partial charge in [0.2, 0.25) is 0 Å². The first-order valence-corrected chi connectivity index (χ1v) is 9.35. The molecule has 27 heavy (non-hydrogen) atoms. The van der Waals surface area contributed by atoms with Crippen molar-refractivity contribution in [1.29, 1.82) is 0 Å². The van der Waals surface area contributed by atoms with E-state index in [1.54, 1.807) is 23.5 Å². The molecule has 1 aromatic heterocycles. The number of nitro benzene ring substituents is 1. The highest BCUT2D eigenvalue weighted by Gasteiger charge is 2.07. The molecule has 0 atom stereocenters. The predicted octanol–water partition coefficient (Wildman–Crippen LogP) is 5.79. The Hall–Kier alpha value is -3.25. The van der Waals surface area contributed by atoms with Crippen LogP contribution in [0, 0.1) is 17.0 Å². The highest BCUT2D eigenvalue weighted by Crippen LogP contribution is 2.31. The van der Waals surface area contributed by atoms with Crippen LogP contribution in [0.5, 0.6) is 0 Å². The van der Waals surface area contributed by atoms with Crippen molar-refractivity contribution in [3.63, 3.8) is 0 Å². The number of fused-ring (bicyclic) bond motifs is 1. The summed E-state index contributed by atoms with van der Waals surface area (Å²) < 4.78 is 1.20. The van der Waals surface area contributed by atoms with E-state index in [4.69, 9.17) is 4.98 Å². The van der Waals surface area contributed by atoms with Crippen molar-refractivity contribution in [2.75, 3.05) is 5.32 Å². The summed E-state index contributed by atoms with van der Waals surface area (Å²) in [7, 11) is 0. The van der Waals surface area contributed by atoms with Gasteiger partial charge in [-0.1, -0.05) is 18.2 Å². The topological polar surface area (TPSA) is 68.1 Å². The molecule has 1 heterocycles. The molecule has 0 saturated heterocycles. The van der Waals surface area contributed by atoms with Gasteiger partial charge >= 0.3 is 0 Å². The van der Waals surface area contributed by atoms with E-state index in [-0.39, 0.29) is 10.6 Å². The first kappa shape index (κ1) is 17.2. The number of benzene rings is 3. The third-order valence-electron chi connectivity index (χ3n) is 4.32. The molecule has 0 bridgehead atoms. The number of aryl methyl sites for hydroxylation is 1. The van der Waals surface area contributed by atoms with Crippen LogP contribution >= 0.6 is 11.3 Å². The zero-order valence-electron chi connectivity index (χ0n) is 14.7. The standard InChI is InChI=1S/C21H17N3O2S/c1-14-2-11-19-20(12-14)27-21(23-19)16-5-7-17(8-6-16)22-13-15-3-9-18(10-4-15)24(25)26/h2-12,22H,13H2,1H3. The Labute approximate surface area is 160 Å². The van der Waals surface area contributed by atoms with Gasteiger partial charge in [-0.05, 0) is 54.4 Å². The normalized spacial score (nSPS) is 10.9. The number of hydrogen-bond donors (Lipinski definition) is 1. The van der Waals surface area contributed by atoms with Gasteiger partial charge in [-0.3, -0.25) is 10.1 Å². The molecule has 0 spiro atoms. The van der Waals surface area contributed by atoms with Crippen molar-refractivity contribution in [3.05, 3.63) is 88.0 Å². The lowest BCUT2D eigenvalue weighted by Crippen LogP contribution is -1.99. The van der Waals surface area contributed by atoms with E-state index in [2.05, 4.69) is 42.6 Å². The molecule has 6 heteroatoms. The number of rotatable bonds is 5. The van der Waals surface area contributed by atoms with Gasteiger partial charge in [0, 0.05) is 29.9 Å². The zero-order valence-corrected chi connectivity index (χ0v) is 15.5. The number of aromatic nitrogens is 1. The van der Waals surface area contributed by atoms with Gasteiger partial charge < -0.3 is 5.32 Å². The summed E-state index contributed by atoms with van der Waals surface area (Å²) in [5.74, 6) is 0. The number of thiazole rings is 1. The average molecular weight is 375 g/mol. The smallest absolute Gasteiger partial charge is 0.269 e. The van der Waals surface area contributed by atoms with E-state index in [1.807, 2.05) is 12.1 Å². The number of nitrogens with zero attached hydrogens (tertiary/aromatic N) is 2. The van der Waals surface area contributed by atoms with Crippen LogP contribution in [0.3, 0.4) is 0 Å². The van der Waals surface area contributed by atoms with Gasteiger partial charge in [-0.2, -0.15) is 0 Å². The Kier molecular flexibility index (Phi) is 4.56. The first-order chi connectivity index (χ1) is 13.1. The second-order valence-corrected chi connectivity index (χ2v) is 7.38. The van der Waals surface area contributed by atoms with Gasteiger partial charge in [0.15, 0.2) is 0 Å². The molecule has 0 saturated carbocycles. The van der Waals surface area contributed by atoms with Crippen LogP contribution in [-0.4, -0.2) is 9.91 Å². The summed E-state index contributed by atoms with van der Waals surface area (Å²) in [5, 5.41) is 15.0. The van der Waals surface area contributed by atoms with E-state index in [1.165, 1.54) is 22.4 Å². The van der Waals surface area contributed by atoms with Crippen molar-refractivity contribution in [1.82, 2.24) is 4.98 Å². The Bertz CT molecular complexity index is 1100. The highest BCUT2D eigenvalue weighted by molar-refractivity contribution is 7.21. The van der Waals surface area contributed by atoms with E-state index >= 15 is 0 Å². The Morgan fingerprint density at radius 1 is 1.04 bits per heavy atom. The van der Waals surface area contributed by atoms with Gasteiger partial charge in [0.05, 0.1) is 15.1 Å². The Morgan fingerprint density at radius 2 is 1.78 bits per heavy atom. The molecule has 3 aromatic carbocycles. The lowest BCUT2D eigenvalue weighted by Gasteiger charge is -2.07. The molecular weight excluding hydrogens is 358 g/mol. The molecule has 0 amide bonds. The summed E-state index contributed by atoms with van der Waals surface area (Å²) in [6.45, 7) is 2.70. The van der Waals surface area contributed by atoms with E-state index in [0.717, 1.165) is 27.3 Å². The van der Waals surface area contributed by atoms with Crippen LogP contribution in [-0.2, 0) is 6.54 Å². The SMILES string of the molecule is Cc1ccc2nc(-c3ccc(NCc4ccc([N+](=O)[O-])cc4)cc3)sc2c1. The fourth-order valence-corrected chi connectivity index (χ4v) is 3.89. The van der Waals surface area contributed by atoms with E-state index < -0.39 is 0 Å². The lowest BCUT2D eigenvalue weighted by atomic mass is 10.2. The van der Waals surface area contributed by atoms with Crippen molar-refractivity contribution in [3.8, 4) is 10.6 Å². The average Bonchev–Trinajstić information content (AvgIpc) is 3.10. The largest absolute Gasteiger partial charge is 0.381 e. The Morgan fingerprint density at radius 3 is 2.48 bits per heavy atom. The molecule has 4 rings (SSSR count). The minimum absolute atomic E-state index is 0.106. The van der Waals surface area contributed by atoms with E-state index in [0.29, 0.717) is 6.54 Å². The van der Waals surface area contributed by atoms with Crippen molar-refractivity contribution in [2.24, 2.45) is 0 Å². The molecular formula is C21H17N3O2S. The number of non-ortho nitro benzene ring substituents is 1. The fourth-order valence-electron chi connectivity index (χ4n) is 2.83. The van der Waals surface area contributed by atoms with Gasteiger partial charge in [0.1, 0.15) is 5.01 Å². The van der Waals surface area contributed by atoms with Crippen LogP contribution in [0.25, 0.3) is 20.8 Å². The third-order valence-corrected chi connectivity index (χ3v) is 5.39. The van der Waals surface area contributed by atoms with Crippen LogP contribution in [0.4, 0.5) is 11.4 Å². The van der Waals surface area contributed by atoms with Crippen molar-refractivity contribution in [2.45, 2.75) is 13.5 Å². The van der Waals surface area contributed by atoms with E-state index in [9.17, 15) is 10.1 Å². The summed E-state index contributed by atoms with van der Waals surface area (Å²) in [6.07, 6.45) is 0. The quantitative estimate of drug-likeness (QED) is 0.354. The first-order valence-electron chi connectivity index (χ1n) is 8.53. The number of nitro groups is 1. The van der Waals surface area contributed by atoms with Crippen molar-refractivity contribution >= 4 is 32.9 Å². The third kappa shape index (κ3) is 3.80. The molecule has 0 aliphatic rings. The summed E-state index contributed by atoms with van der Waals surface area (Å²) in [5.41, 5.74) is 5.45. The van der Waals surface area contributed by atoms with Crippen molar-refractivity contribution < 1.29 is 4.92 Å². The molecule has 0 aliphatic heterocycles. The minimum Gasteiger partial charge on any atom is -0.381 e. The van der Waals surface area contributed by atoms with Crippen LogP contribution in [0.15, 0.2) is 66.7 Å². The van der Waals surface area contributed by atoms with Crippen LogP contribution in [0.1, 0.15) is 11.1 Å². The molecule has 0 unspecified atom stereocenters. The molecule has 5 nitrogen and oxygen atoms in total. The van der Waals surface area contributed by atoms with Gasteiger partial charge in [-0.25, -0.2) is 4.98 Å². The summed E-state index contributed by atoms with van der Waals surface area (Å²) in [6, 6.07) is 21.1. The van der Waals surface area contributed by atoms with Crippen LogP contribution in [0.2, 0.25) is 0 Å². The molecule has 0 aliphatic carbocycles. The second-order valence-electron chi connectivity index (χ2n) is 6.34. The molecule has 134 valence electrons. The summed E-state index contributed by atoms with van der Waals surface area (Å²) >= 11 is 1.70. The maximum absolute atomic E-state index is 10.7. The predicted molar refractivity (Wildman–Crippen MR) is 110 cm³/mol. The summed E-state index contributed by atoms with van der Waals surface area (Å²) in [4.78, 5) is 15.0. The lowest BCUT2D eigenvalue weighted by molar-refractivity contribution is -0.384. The molecule has 4 aromatic rings. The number of nitrogens with one attached hydrogen (secondary N) is 1. The monoisotopic (exact) mass is 375 g/mol. The maximum atomic E-state index is 10.7. The second kappa shape index (κ2) is 7.17. The van der Waals surface area contributed by atoms with Gasteiger partial charge in [-0.15, -0.1) is 11.3 Å².